The number of hydrogen-bond acceptors (Lipinski definition) is 2. The maximum atomic E-state index is 12.1. The number of carbonyl (C=O) groups excluding carboxylic acids is 1. The van der Waals surface area contributed by atoms with Crippen molar-refractivity contribution in [1.82, 2.24) is 10.2 Å². The van der Waals surface area contributed by atoms with Gasteiger partial charge in [-0.1, -0.05) is 0 Å². The van der Waals surface area contributed by atoms with Gasteiger partial charge in [0.05, 0.1) is 12.2 Å². The Bertz CT molecular complexity index is 327. The number of rotatable bonds is 3. The fraction of sp³-hybridized carbons (Fsp3) is 0.917. The highest BCUT2D eigenvalue weighted by Crippen LogP contribution is 2.62. The number of carbonyl (C=O) groups is 1. The molecule has 0 aromatic carbocycles. The number of nitrogens with zero attached hydrogens (tertiary/aromatic N) is 1. The lowest BCUT2D eigenvalue weighted by Crippen LogP contribution is -2.36. The summed E-state index contributed by atoms with van der Waals surface area (Å²) in [4.78, 5) is 14.2. The summed E-state index contributed by atoms with van der Waals surface area (Å²) in [5, 5.41) is 3.39. The fourth-order valence-electron chi connectivity index (χ4n) is 3.27. The first-order chi connectivity index (χ1) is 7.24. The van der Waals surface area contributed by atoms with Gasteiger partial charge in [-0.2, -0.15) is 0 Å². The van der Waals surface area contributed by atoms with E-state index in [1.54, 1.807) is 0 Å². The largest absolute Gasteiger partial charge is 0.328 e. The number of amides is 1. The zero-order chi connectivity index (χ0) is 10.1. The van der Waals surface area contributed by atoms with E-state index in [2.05, 4.69) is 10.2 Å². The smallest absolute Gasteiger partial charge is 0.243 e. The minimum atomic E-state index is -0.0837. The molecule has 0 radical (unpaired) electrons. The Morgan fingerprint density at radius 1 is 1.27 bits per heavy atom. The average molecular weight is 206 g/mol. The van der Waals surface area contributed by atoms with Crippen LogP contribution in [0.15, 0.2) is 0 Å². The van der Waals surface area contributed by atoms with Crippen LogP contribution in [0.25, 0.3) is 0 Å². The summed E-state index contributed by atoms with van der Waals surface area (Å²) in [6.45, 7) is 1.86. The summed E-state index contributed by atoms with van der Waals surface area (Å²) in [5.41, 5.74) is 0.484. The predicted octanol–water partition coefficient (Wildman–Crippen LogP) is 1.10. The van der Waals surface area contributed by atoms with E-state index in [9.17, 15) is 4.79 Å². The van der Waals surface area contributed by atoms with Gasteiger partial charge in [0, 0.05) is 6.54 Å². The lowest BCUT2D eigenvalue weighted by molar-refractivity contribution is -0.130. The zero-order valence-electron chi connectivity index (χ0n) is 9.09. The van der Waals surface area contributed by atoms with Crippen molar-refractivity contribution in [3.05, 3.63) is 0 Å². The molecular weight excluding hydrogens is 188 g/mol. The van der Waals surface area contributed by atoms with Gasteiger partial charge >= 0.3 is 0 Å². The molecule has 4 aliphatic rings. The van der Waals surface area contributed by atoms with Crippen molar-refractivity contribution >= 4 is 5.91 Å². The van der Waals surface area contributed by atoms with Gasteiger partial charge in [0.25, 0.3) is 0 Å². The Morgan fingerprint density at radius 2 is 2.00 bits per heavy atom. The molecule has 1 saturated heterocycles. The van der Waals surface area contributed by atoms with E-state index in [-0.39, 0.29) is 5.54 Å². The molecule has 3 saturated carbocycles. The Kier molecular flexibility index (Phi) is 1.37. The molecule has 4 rings (SSSR count). The lowest BCUT2D eigenvalue weighted by atomic mass is 10.00. The van der Waals surface area contributed by atoms with Crippen LogP contribution >= 0.6 is 0 Å². The van der Waals surface area contributed by atoms with Gasteiger partial charge in [-0.3, -0.25) is 10.1 Å². The van der Waals surface area contributed by atoms with Crippen LogP contribution < -0.4 is 5.32 Å². The lowest BCUT2D eigenvalue weighted by Gasteiger charge is -2.22. The maximum Gasteiger partial charge on any atom is 0.243 e. The molecule has 0 bridgehead atoms. The number of nitrogens with one attached hydrogen (secondary N) is 1. The predicted molar refractivity (Wildman–Crippen MR) is 56.1 cm³/mol. The van der Waals surface area contributed by atoms with Crippen molar-refractivity contribution < 1.29 is 4.79 Å². The van der Waals surface area contributed by atoms with Crippen LogP contribution in [-0.2, 0) is 4.79 Å². The summed E-state index contributed by atoms with van der Waals surface area (Å²) in [7, 11) is 0. The standard InChI is InChI=1S/C12H18N2O/c15-10-12(5-6-12)13-8-14(10)7-11(3-4-11)9-1-2-9/h9,13H,1-8H2. The van der Waals surface area contributed by atoms with Crippen LogP contribution in [0.3, 0.4) is 0 Å². The normalized spacial score (nSPS) is 34.9. The van der Waals surface area contributed by atoms with Gasteiger partial charge in [0.15, 0.2) is 0 Å². The number of hydrogen-bond donors (Lipinski definition) is 1. The Labute approximate surface area is 90.2 Å². The topological polar surface area (TPSA) is 32.3 Å². The summed E-state index contributed by atoms with van der Waals surface area (Å²) in [5.74, 6) is 1.36. The van der Waals surface area contributed by atoms with Crippen LogP contribution in [0.5, 0.6) is 0 Å². The first-order valence-corrected chi connectivity index (χ1v) is 6.29. The Morgan fingerprint density at radius 3 is 2.47 bits per heavy atom. The van der Waals surface area contributed by atoms with Gasteiger partial charge in [-0.25, -0.2) is 0 Å². The second kappa shape index (κ2) is 2.40. The van der Waals surface area contributed by atoms with Crippen molar-refractivity contribution in [2.45, 2.75) is 44.1 Å². The maximum absolute atomic E-state index is 12.1. The summed E-state index contributed by atoms with van der Waals surface area (Å²) in [6, 6.07) is 0. The fourth-order valence-corrected chi connectivity index (χ4v) is 3.27. The molecule has 0 unspecified atom stereocenters. The van der Waals surface area contributed by atoms with Crippen molar-refractivity contribution in [3.63, 3.8) is 0 Å². The third-order valence-electron chi connectivity index (χ3n) is 4.90. The quantitative estimate of drug-likeness (QED) is 0.750. The van der Waals surface area contributed by atoms with Crippen molar-refractivity contribution in [3.8, 4) is 0 Å². The SMILES string of the molecule is O=C1N(CC2(C3CC3)CC2)CNC12CC2. The van der Waals surface area contributed by atoms with Crippen molar-refractivity contribution in [2.75, 3.05) is 13.2 Å². The second-order valence-corrected chi connectivity index (χ2v) is 6.06. The molecule has 0 aromatic heterocycles. The molecule has 1 amide bonds. The van der Waals surface area contributed by atoms with Crippen LogP contribution in [0.1, 0.15) is 38.5 Å². The van der Waals surface area contributed by atoms with E-state index >= 15 is 0 Å². The third-order valence-corrected chi connectivity index (χ3v) is 4.90. The monoisotopic (exact) mass is 206 g/mol. The van der Waals surface area contributed by atoms with Gasteiger partial charge < -0.3 is 4.90 Å². The first-order valence-electron chi connectivity index (χ1n) is 6.29. The van der Waals surface area contributed by atoms with E-state index < -0.39 is 0 Å². The summed E-state index contributed by atoms with van der Waals surface area (Å²) < 4.78 is 0. The van der Waals surface area contributed by atoms with Crippen LogP contribution in [0, 0.1) is 11.3 Å². The molecule has 3 heteroatoms. The van der Waals surface area contributed by atoms with Crippen molar-refractivity contribution in [2.24, 2.45) is 11.3 Å². The molecule has 4 fully saturated rings. The molecule has 1 aliphatic heterocycles. The summed E-state index contributed by atoms with van der Waals surface area (Å²) in [6.07, 6.45) is 7.71. The minimum absolute atomic E-state index is 0.0837. The molecule has 82 valence electrons. The average Bonchev–Trinajstić information content (AvgIpc) is 3.12. The molecule has 1 spiro atoms. The minimum Gasteiger partial charge on any atom is -0.328 e. The molecule has 0 atom stereocenters. The highest BCUT2D eigenvalue weighted by Gasteiger charge is 2.60. The van der Waals surface area contributed by atoms with E-state index in [1.807, 2.05) is 0 Å². The molecule has 15 heavy (non-hydrogen) atoms. The summed E-state index contributed by atoms with van der Waals surface area (Å²) >= 11 is 0. The highest BCUT2D eigenvalue weighted by atomic mass is 16.2. The van der Waals surface area contributed by atoms with Crippen LogP contribution in [-0.4, -0.2) is 29.6 Å². The van der Waals surface area contributed by atoms with Crippen LogP contribution in [0.2, 0.25) is 0 Å². The molecular formula is C12H18N2O. The molecule has 1 heterocycles. The van der Waals surface area contributed by atoms with E-state index in [0.29, 0.717) is 11.3 Å². The molecule has 1 N–H and O–H groups in total. The van der Waals surface area contributed by atoms with Crippen LogP contribution in [0.4, 0.5) is 0 Å². The third kappa shape index (κ3) is 1.13. The van der Waals surface area contributed by atoms with E-state index in [0.717, 1.165) is 32.0 Å². The first kappa shape index (κ1) is 8.57. The molecule has 0 aromatic rings. The highest BCUT2D eigenvalue weighted by molar-refractivity contribution is 5.91. The van der Waals surface area contributed by atoms with E-state index in [1.165, 1.54) is 25.7 Å². The zero-order valence-corrected chi connectivity index (χ0v) is 9.09. The van der Waals surface area contributed by atoms with E-state index in [4.69, 9.17) is 0 Å². The van der Waals surface area contributed by atoms with Gasteiger partial charge in [0.2, 0.25) is 5.91 Å². The van der Waals surface area contributed by atoms with Gasteiger partial charge in [-0.05, 0) is 49.9 Å². The van der Waals surface area contributed by atoms with Gasteiger partial charge in [-0.15, -0.1) is 0 Å². The van der Waals surface area contributed by atoms with Crippen molar-refractivity contribution in [1.29, 1.82) is 0 Å². The Hall–Kier alpha value is -0.570. The second-order valence-electron chi connectivity index (χ2n) is 6.06. The Balaban J connectivity index is 1.48. The molecule has 3 aliphatic carbocycles. The molecule has 3 nitrogen and oxygen atoms in total. The van der Waals surface area contributed by atoms with Gasteiger partial charge in [0.1, 0.15) is 0 Å².